The number of amides is 6. The number of aromatic nitrogens is 9. The number of nitrogens with two attached hydrogens (primary N) is 6. The monoisotopic (exact) mass is 942 g/mol. The third-order valence-corrected chi connectivity index (χ3v) is 9.20. The Morgan fingerprint density at radius 3 is 0.623 bits per heavy atom. The third-order valence-electron chi connectivity index (χ3n) is 9.20. The zero-order valence-electron chi connectivity index (χ0n) is 38.2. The standard InChI is InChI=1S/3C10H11N5.3C5H7NO2/c3*1-6-2-4-7(5-3-6)8-13-9(11)15-10(12)14-8;3*7-4-2-1-3-5(8)6-4/h3*2-5H,1H3,(H4,11,12,13,14,15);3*1-3H2,(H,6,7,8). The van der Waals surface area contributed by atoms with Crippen LogP contribution < -0.4 is 50.4 Å². The maximum absolute atomic E-state index is 10.3. The van der Waals surface area contributed by atoms with E-state index < -0.39 is 0 Å². The van der Waals surface area contributed by atoms with Gasteiger partial charge in [-0.15, -0.1) is 0 Å². The number of carbonyl (C=O) groups excluding carboxylic acids is 6. The Balaban J connectivity index is 0.000000185. The summed E-state index contributed by atoms with van der Waals surface area (Å²) in [5, 5.41) is 6.60. The topological polar surface area (TPSA) is 411 Å². The van der Waals surface area contributed by atoms with E-state index in [0.29, 0.717) is 75.3 Å². The molecule has 69 heavy (non-hydrogen) atoms. The molecule has 24 nitrogen and oxygen atoms in total. The van der Waals surface area contributed by atoms with Crippen LogP contribution in [0.3, 0.4) is 0 Å². The summed E-state index contributed by atoms with van der Waals surface area (Å²) in [6, 6.07) is 23.4. The lowest BCUT2D eigenvalue weighted by atomic mass is 10.1. The molecule has 15 N–H and O–H groups in total. The smallest absolute Gasteiger partial charge is 0.226 e. The van der Waals surface area contributed by atoms with E-state index in [4.69, 9.17) is 34.4 Å². The Kier molecular flexibility index (Phi) is 19.9. The molecule has 360 valence electrons. The third kappa shape index (κ3) is 19.5. The molecule has 3 saturated heterocycles. The van der Waals surface area contributed by atoms with E-state index in [-0.39, 0.29) is 71.1 Å². The van der Waals surface area contributed by atoms with Crippen molar-refractivity contribution in [2.24, 2.45) is 0 Å². The molecule has 24 heteroatoms. The van der Waals surface area contributed by atoms with Gasteiger partial charge in [-0.2, -0.15) is 44.9 Å². The largest absolute Gasteiger partial charge is 0.368 e. The van der Waals surface area contributed by atoms with Gasteiger partial charge in [0, 0.05) is 55.2 Å². The van der Waals surface area contributed by atoms with E-state index in [2.05, 4.69) is 60.8 Å². The highest BCUT2D eigenvalue weighted by Crippen LogP contribution is 2.19. The fraction of sp³-hybridized carbons (Fsp3) is 0.267. The number of rotatable bonds is 3. The van der Waals surface area contributed by atoms with Gasteiger partial charge in [-0.3, -0.25) is 44.7 Å². The summed E-state index contributed by atoms with van der Waals surface area (Å²) in [4.78, 5) is 97.2. The van der Waals surface area contributed by atoms with Crippen molar-refractivity contribution >= 4 is 71.1 Å². The first-order valence-electron chi connectivity index (χ1n) is 21.3. The zero-order valence-corrected chi connectivity index (χ0v) is 38.2. The summed E-state index contributed by atoms with van der Waals surface area (Å²) in [7, 11) is 0. The number of piperidine rings is 3. The quantitative estimate of drug-likeness (QED) is 0.115. The minimum absolute atomic E-state index is 0.137. The van der Waals surface area contributed by atoms with Gasteiger partial charge in [-0.05, 0) is 40.0 Å². The van der Waals surface area contributed by atoms with Crippen LogP contribution in [-0.4, -0.2) is 80.3 Å². The number of nitrogen functional groups attached to an aromatic ring is 6. The van der Waals surface area contributed by atoms with Crippen molar-refractivity contribution in [1.29, 1.82) is 0 Å². The molecule has 0 aliphatic carbocycles. The van der Waals surface area contributed by atoms with E-state index in [0.717, 1.165) is 16.7 Å². The second-order valence-electron chi connectivity index (χ2n) is 15.2. The predicted octanol–water partition coefficient (Wildman–Crippen LogP) is 2.47. The van der Waals surface area contributed by atoms with Crippen molar-refractivity contribution in [2.75, 3.05) is 34.4 Å². The number of imide groups is 3. The van der Waals surface area contributed by atoms with Crippen LogP contribution in [0, 0.1) is 20.8 Å². The van der Waals surface area contributed by atoms with Crippen molar-refractivity contribution < 1.29 is 28.8 Å². The first-order chi connectivity index (χ1) is 32.8. The van der Waals surface area contributed by atoms with E-state index >= 15 is 0 Å². The first-order valence-corrected chi connectivity index (χ1v) is 21.3. The second-order valence-corrected chi connectivity index (χ2v) is 15.2. The minimum Gasteiger partial charge on any atom is -0.368 e. The summed E-state index contributed by atoms with van der Waals surface area (Å²) in [5.41, 5.74) is 39.1. The Hall–Kier alpha value is -9.09. The molecule has 3 aromatic heterocycles. The number of nitrogens with zero attached hydrogens (tertiary/aromatic N) is 9. The highest BCUT2D eigenvalue weighted by atomic mass is 16.2. The molecule has 0 atom stereocenters. The van der Waals surface area contributed by atoms with Crippen LogP contribution in [0.2, 0.25) is 0 Å². The summed E-state index contributed by atoms with van der Waals surface area (Å²) < 4.78 is 0. The lowest BCUT2D eigenvalue weighted by Gasteiger charge is -2.07. The lowest BCUT2D eigenvalue weighted by Crippen LogP contribution is -2.33. The SMILES string of the molecule is Cc1ccc(-c2nc(N)nc(N)n2)cc1.Cc1ccc(-c2nc(N)nc(N)n2)cc1.Cc1ccc(-c2nc(N)nc(N)n2)cc1.O=C1CCCC(=O)N1.O=C1CCCC(=O)N1.O=C1CCCC(=O)N1. The van der Waals surface area contributed by atoms with Gasteiger partial charge in [-0.1, -0.05) is 89.5 Å². The van der Waals surface area contributed by atoms with Crippen molar-refractivity contribution in [2.45, 2.75) is 78.6 Å². The molecule has 0 radical (unpaired) electrons. The number of nitrogens with one attached hydrogen (secondary N) is 3. The predicted molar refractivity (Wildman–Crippen MR) is 257 cm³/mol. The highest BCUT2D eigenvalue weighted by molar-refractivity contribution is 5.98. The van der Waals surface area contributed by atoms with Gasteiger partial charge >= 0.3 is 0 Å². The van der Waals surface area contributed by atoms with E-state index in [1.165, 1.54) is 16.7 Å². The molecule has 0 unspecified atom stereocenters. The van der Waals surface area contributed by atoms with E-state index in [1.54, 1.807) is 0 Å². The molecule has 3 aromatic carbocycles. The first kappa shape index (κ1) is 52.5. The Morgan fingerprint density at radius 2 is 0.478 bits per heavy atom. The van der Waals surface area contributed by atoms with Crippen LogP contribution in [0.15, 0.2) is 72.8 Å². The summed E-state index contributed by atoms with van der Waals surface area (Å²) in [6.07, 6.45) is 5.17. The molecular formula is C45H54N18O6. The minimum atomic E-state index is -0.138. The molecular weight excluding hydrogens is 889 g/mol. The van der Waals surface area contributed by atoms with Crippen LogP contribution in [-0.2, 0) is 28.8 Å². The molecule has 9 rings (SSSR count). The van der Waals surface area contributed by atoms with Gasteiger partial charge in [0.25, 0.3) is 0 Å². The zero-order chi connectivity index (χ0) is 50.5. The van der Waals surface area contributed by atoms with Crippen molar-refractivity contribution in [3.05, 3.63) is 89.5 Å². The van der Waals surface area contributed by atoms with Gasteiger partial charge in [0.15, 0.2) is 17.5 Å². The number of hydrogen-bond acceptors (Lipinski definition) is 21. The van der Waals surface area contributed by atoms with Gasteiger partial charge in [0.2, 0.25) is 71.1 Å². The number of anilines is 6. The van der Waals surface area contributed by atoms with E-state index in [9.17, 15) is 28.8 Å². The lowest BCUT2D eigenvalue weighted by molar-refractivity contribution is -0.134. The van der Waals surface area contributed by atoms with Crippen molar-refractivity contribution in [1.82, 2.24) is 60.8 Å². The van der Waals surface area contributed by atoms with Gasteiger partial charge in [0.05, 0.1) is 0 Å². The Bertz CT molecular complexity index is 2340. The Labute approximate surface area is 396 Å². The van der Waals surface area contributed by atoms with Crippen LogP contribution >= 0.6 is 0 Å². The number of hydrogen-bond donors (Lipinski definition) is 9. The average molecular weight is 943 g/mol. The molecule has 3 aliphatic heterocycles. The van der Waals surface area contributed by atoms with Gasteiger partial charge < -0.3 is 34.4 Å². The second kappa shape index (κ2) is 26.2. The molecule has 3 aliphatic rings. The average Bonchev–Trinajstić information content (AvgIpc) is 3.27. The number of carbonyl (C=O) groups is 6. The highest BCUT2D eigenvalue weighted by Gasteiger charge is 2.15. The fourth-order valence-corrected chi connectivity index (χ4v) is 5.79. The van der Waals surface area contributed by atoms with Crippen LogP contribution in [0.4, 0.5) is 35.7 Å². The van der Waals surface area contributed by atoms with Crippen molar-refractivity contribution in [3.8, 4) is 34.2 Å². The number of aryl methyl sites for hydroxylation is 3. The van der Waals surface area contributed by atoms with Crippen LogP contribution in [0.1, 0.15) is 74.5 Å². The summed E-state index contributed by atoms with van der Waals surface area (Å²) >= 11 is 0. The van der Waals surface area contributed by atoms with E-state index in [1.807, 2.05) is 93.6 Å². The summed E-state index contributed by atoms with van der Waals surface area (Å²) in [6.45, 7) is 6.04. The molecule has 6 heterocycles. The van der Waals surface area contributed by atoms with Crippen molar-refractivity contribution in [3.63, 3.8) is 0 Å². The molecule has 0 saturated carbocycles. The maximum Gasteiger partial charge on any atom is 0.226 e. The van der Waals surface area contributed by atoms with Crippen LogP contribution in [0.5, 0.6) is 0 Å². The molecule has 6 aromatic rings. The fourth-order valence-electron chi connectivity index (χ4n) is 5.79. The van der Waals surface area contributed by atoms with Gasteiger partial charge in [-0.25, -0.2) is 0 Å². The molecule has 0 bridgehead atoms. The maximum atomic E-state index is 10.3. The molecule has 0 spiro atoms. The molecule has 3 fully saturated rings. The molecule has 6 amide bonds. The van der Waals surface area contributed by atoms with Gasteiger partial charge in [0.1, 0.15) is 0 Å². The Morgan fingerprint density at radius 1 is 0.304 bits per heavy atom. The normalized spacial score (nSPS) is 13.8. The number of benzene rings is 3. The van der Waals surface area contributed by atoms with Crippen LogP contribution in [0.25, 0.3) is 34.2 Å². The summed E-state index contributed by atoms with van der Waals surface area (Å²) in [5.74, 6) is 1.50.